The van der Waals surface area contributed by atoms with Crippen molar-refractivity contribution in [3.8, 4) is 0 Å². The van der Waals surface area contributed by atoms with Crippen molar-refractivity contribution < 1.29 is 9.72 Å². The summed E-state index contributed by atoms with van der Waals surface area (Å²) in [5.74, 6) is -0.649. The lowest BCUT2D eigenvalue weighted by Gasteiger charge is -2.06. The van der Waals surface area contributed by atoms with Gasteiger partial charge in [-0.15, -0.1) is 11.3 Å². The summed E-state index contributed by atoms with van der Waals surface area (Å²) in [5.41, 5.74) is 5.44. The molecule has 104 valence electrons. The number of carbonyl (C=O) groups is 1. The second kappa shape index (κ2) is 5.85. The van der Waals surface area contributed by atoms with Crippen molar-refractivity contribution in [2.24, 2.45) is 5.73 Å². The molecule has 1 aromatic heterocycles. The highest BCUT2D eigenvalue weighted by molar-refractivity contribution is 7.15. The number of hydrogen-bond acceptors (Lipinski definition) is 6. The van der Waals surface area contributed by atoms with Gasteiger partial charge in [-0.2, -0.15) is 0 Å². The Labute approximate surface area is 122 Å². The topological polar surface area (TPSA) is 111 Å². The minimum absolute atomic E-state index is 0.134. The Morgan fingerprint density at radius 1 is 1.55 bits per heavy atom. The van der Waals surface area contributed by atoms with Gasteiger partial charge in [0.15, 0.2) is 4.47 Å². The molecule has 0 aliphatic rings. The van der Waals surface area contributed by atoms with Crippen molar-refractivity contribution in [3.63, 3.8) is 0 Å². The molecule has 0 spiro atoms. The molecule has 0 aliphatic heterocycles. The Morgan fingerprint density at radius 3 is 2.85 bits per heavy atom. The van der Waals surface area contributed by atoms with E-state index in [1.807, 2.05) is 0 Å². The summed E-state index contributed by atoms with van der Waals surface area (Å²) >= 11 is 6.96. The first-order chi connectivity index (χ1) is 9.47. The molecule has 0 bridgehead atoms. The van der Waals surface area contributed by atoms with Crippen LogP contribution in [-0.2, 0) is 6.54 Å². The first-order valence-corrected chi connectivity index (χ1v) is 6.59. The molecule has 0 atom stereocenters. The molecule has 2 aromatic rings. The van der Waals surface area contributed by atoms with Crippen LogP contribution in [0.4, 0.5) is 11.4 Å². The third-order valence-electron chi connectivity index (χ3n) is 2.46. The molecule has 0 saturated carbocycles. The predicted molar refractivity (Wildman–Crippen MR) is 76.1 cm³/mol. The molecule has 3 N–H and O–H groups in total. The molecule has 0 unspecified atom stereocenters. The zero-order chi connectivity index (χ0) is 14.7. The number of primary amides is 1. The number of nitrogens with one attached hydrogen (secondary N) is 1. The molecule has 0 radical (unpaired) electrons. The van der Waals surface area contributed by atoms with Gasteiger partial charge in [-0.25, -0.2) is 4.98 Å². The summed E-state index contributed by atoms with van der Waals surface area (Å²) in [6, 6.07) is 3.90. The van der Waals surface area contributed by atoms with Crippen molar-refractivity contribution >= 4 is 40.2 Å². The van der Waals surface area contributed by atoms with Crippen LogP contribution in [-0.4, -0.2) is 15.8 Å². The van der Waals surface area contributed by atoms with E-state index in [0.717, 1.165) is 4.88 Å². The van der Waals surface area contributed by atoms with Gasteiger partial charge in [0, 0.05) is 22.7 Å². The molecular formula is C11H9ClN4O3S. The van der Waals surface area contributed by atoms with Crippen molar-refractivity contribution in [3.05, 3.63) is 49.4 Å². The lowest BCUT2D eigenvalue weighted by atomic mass is 10.1. The second-order valence-corrected chi connectivity index (χ2v) is 5.48. The normalized spacial score (nSPS) is 10.2. The van der Waals surface area contributed by atoms with Crippen LogP contribution in [0.3, 0.4) is 0 Å². The van der Waals surface area contributed by atoms with Crippen LogP contribution >= 0.6 is 22.9 Å². The van der Waals surface area contributed by atoms with E-state index in [4.69, 9.17) is 17.3 Å². The fourth-order valence-corrected chi connectivity index (χ4v) is 2.46. The minimum atomic E-state index is -0.649. The smallest absolute Gasteiger partial charge is 0.292 e. The Morgan fingerprint density at radius 2 is 2.30 bits per heavy atom. The molecule has 0 aliphatic carbocycles. The lowest BCUT2D eigenvalue weighted by molar-refractivity contribution is -0.384. The predicted octanol–water partition coefficient (Wildman–Crippen LogP) is 2.42. The molecule has 0 saturated heterocycles. The SMILES string of the molecule is NC(=O)c1ccc([N+](=O)[O-])c(NCc2cnc(Cl)s2)c1. The molecule has 1 aromatic carbocycles. The zero-order valence-corrected chi connectivity index (χ0v) is 11.6. The van der Waals surface area contributed by atoms with E-state index in [1.54, 1.807) is 6.20 Å². The number of rotatable bonds is 5. The van der Waals surface area contributed by atoms with Gasteiger partial charge in [0.25, 0.3) is 5.69 Å². The number of nitrogens with two attached hydrogens (primary N) is 1. The van der Waals surface area contributed by atoms with E-state index >= 15 is 0 Å². The van der Waals surface area contributed by atoms with Crippen LogP contribution in [0.1, 0.15) is 15.2 Å². The van der Waals surface area contributed by atoms with Crippen LogP contribution in [0, 0.1) is 10.1 Å². The highest BCUT2D eigenvalue weighted by Crippen LogP contribution is 2.27. The molecule has 0 fully saturated rings. The average molecular weight is 313 g/mol. The fraction of sp³-hybridized carbons (Fsp3) is 0.0909. The van der Waals surface area contributed by atoms with E-state index in [-0.39, 0.29) is 16.9 Å². The maximum absolute atomic E-state index is 11.1. The van der Waals surface area contributed by atoms with Crippen LogP contribution in [0.25, 0.3) is 0 Å². The number of nitro benzene ring substituents is 1. The van der Waals surface area contributed by atoms with E-state index in [9.17, 15) is 14.9 Å². The summed E-state index contributed by atoms with van der Waals surface area (Å²) in [4.78, 5) is 26.2. The van der Waals surface area contributed by atoms with Gasteiger partial charge < -0.3 is 11.1 Å². The van der Waals surface area contributed by atoms with Gasteiger partial charge >= 0.3 is 0 Å². The van der Waals surface area contributed by atoms with Crippen molar-refractivity contribution in [2.75, 3.05) is 5.32 Å². The largest absolute Gasteiger partial charge is 0.375 e. The highest BCUT2D eigenvalue weighted by atomic mass is 35.5. The minimum Gasteiger partial charge on any atom is -0.375 e. The number of thiazole rings is 1. The number of halogens is 1. The molecule has 1 heterocycles. The third kappa shape index (κ3) is 3.22. The highest BCUT2D eigenvalue weighted by Gasteiger charge is 2.16. The summed E-state index contributed by atoms with van der Waals surface area (Å²) in [5, 5.41) is 13.8. The Kier molecular flexibility index (Phi) is 4.16. The van der Waals surface area contributed by atoms with Gasteiger partial charge in [0.1, 0.15) is 5.69 Å². The van der Waals surface area contributed by atoms with Gasteiger partial charge in [0.2, 0.25) is 5.91 Å². The molecule has 7 nitrogen and oxygen atoms in total. The molecule has 9 heteroatoms. The van der Waals surface area contributed by atoms with Gasteiger partial charge in [-0.3, -0.25) is 14.9 Å². The third-order valence-corrected chi connectivity index (χ3v) is 3.57. The number of carbonyl (C=O) groups excluding carboxylic acids is 1. The van der Waals surface area contributed by atoms with Crippen molar-refractivity contribution in [2.45, 2.75) is 6.54 Å². The summed E-state index contributed by atoms with van der Waals surface area (Å²) in [6.45, 7) is 0.313. The van der Waals surface area contributed by atoms with Gasteiger partial charge in [-0.05, 0) is 12.1 Å². The number of nitro groups is 1. The average Bonchev–Trinajstić information content (AvgIpc) is 2.81. The molecule has 2 rings (SSSR count). The molecular weight excluding hydrogens is 304 g/mol. The number of benzene rings is 1. The van der Waals surface area contributed by atoms with Crippen LogP contribution in [0.15, 0.2) is 24.4 Å². The monoisotopic (exact) mass is 312 g/mol. The molecule has 20 heavy (non-hydrogen) atoms. The fourth-order valence-electron chi connectivity index (χ4n) is 1.54. The van der Waals surface area contributed by atoms with Crippen LogP contribution < -0.4 is 11.1 Å². The Hall–Kier alpha value is -2.19. The summed E-state index contributed by atoms with van der Waals surface area (Å²) < 4.78 is 0.391. The number of aromatic nitrogens is 1. The standard InChI is InChI=1S/C11H9ClN4O3S/c12-11-15-5-7(20-11)4-14-8-3-6(10(13)17)1-2-9(8)16(18)19/h1-3,5,14H,4H2,(H2,13,17). The van der Waals surface area contributed by atoms with Crippen LogP contribution in [0.5, 0.6) is 0 Å². The Balaban J connectivity index is 2.25. The first kappa shape index (κ1) is 14.2. The van der Waals surface area contributed by atoms with E-state index in [1.165, 1.54) is 29.5 Å². The zero-order valence-electron chi connectivity index (χ0n) is 10.00. The lowest BCUT2D eigenvalue weighted by Crippen LogP contribution is -2.12. The molecule has 1 amide bonds. The van der Waals surface area contributed by atoms with Crippen molar-refractivity contribution in [1.29, 1.82) is 0 Å². The van der Waals surface area contributed by atoms with Gasteiger partial charge in [0.05, 0.1) is 11.5 Å². The van der Waals surface area contributed by atoms with Crippen LogP contribution in [0.2, 0.25) is 4.47 Å². The number of hydrogen-bond donors (Lipinski definition) is 2. The Bertz CT molecular complexity index is 673. The van der Waals surface area contributed by atoms with Gasteiger partial charge in [-0.1, -0.05) is 11.6 Å². The second-order valence-electron chi connectivity index (χ2n) is 3.79. The van der Waals surface area contributed by atoms with E-state index < -0.39 is 10.8 Å². The number of amides is 1. The summed E-state index contributed by atoms with van der Waals surface area (Å²) in [7, 11) is 0. The quantitative estimate of drug-likeness (QED) is 0.650. The van der Waals surface area contributed by atoms with E-state index in [0.29, 0.717) is 11.0 Å². The number of anilines is 1. The maximum Gasteiger partial charge on any atom is 0.292 e. The number of nitrogens with zero attached hydrogens (tertiary/aromatic N) is 2. The summed E-state index contributed by atoms with van der Waals surface area (Å²) in [6.07, 6.45) is 1.57. The first-order valence-electron chi connectivity index (χ1n) is 5.39. The maximum atomic E-state index is 11.1. The van der Waals surface area contributed by atoms with Crippen molar-refractivity contribution in [1.82, 2.24) is 4.98 Å². The van der Waals surface area contributed by atoms with E-state index in [2.05, 4.69) is 10.3 Å².